The summed E-state index contributed by atoms with van der Waals surface area (Å²) in [7, 11) is -3.56. The smallest absolute Gasteiger partial charge is 0.243 e. The first-order valence-corrected chi connectivity index (χ1v) is 9.71. The minimum absolute atomic E-state index is 0.238. The summed E-state index contributed by atoms with van der Waals surface area (Å²) >= 11 is 0. The third kappa shape index (κ3) is 3.06. The predicted octanol–water partition coefficient (Wildman–Crippen LogP) is 2.38. The van der Waals surface area contributed by atoms with Gasteiger partial charge in [0.05, 0.1) is 22.0 Å². The number of aliphatic hydroxyl groups is 1. The Bertz CT molecular complexity index is 991. The van der Waals surface area contributed by atoms with E-state index in [1.54, 1.807) is 18.2 Å². The van der Waals surface area contributed by atoms with Crippen molar-refractivity contribution in [2.24, 2.45) is 0 Å². The van der Waals surface area contributed by atoms with Crippen LogP contribution in [0, 0.1) is 0 Å². The molecule has 2 heterocycles. The lowest BCUT2D eigenvalue weighted by molar-refractivity contribution is 0.113. The van der Waals surface area contributed by atoms with E-state index in [1.165, 1.54) is 4.31 Å². The number of hydrogen-bond donors (Lipinski definition) is 2. The van der Waals surface area contributed by atoms with Crippen LogP contribution in [0.4, 0.5) is 0 Å². The van der Waals surface area contributed by atoms with E-state index < -0.39 is 16.1 Å². The molecule has 0 unspecified atom stereocenters. The van der Waals surface area contributed by atoms with Crippen molar-refractivity contribution in [1.82, 2.24) is 14.3 Å². The van der Waals surface area contributed by atoms with Crippen LogP contribution in [-0.4, -0.2) is 47.0 Å². The highest BCUT2D eigenvalue weighted by molar-refractivity contribution is 7.89. The fraction of sp³-hybridized carbons (Fsp3) is 0.278. The maximum absolute atomic E-state index is 12.8. The normalized spacial score (nSPS) is 17.2. The van der Waals surface area contributed by atoms with E-state index in [2.05, 4.69) is 9.97 Å². The van der Waals surface area contributed by atoms with Crippen molar-refractivity contribution >= 4 is 21.1 Å². The van der Waals surface area contributed by atoms with Crippen molar-refractivity contribution in [3.63, 3.8) is 0 Å². The molecule has 0 spiro atoms. The number of imidazole rings is 1. The predicted molar refractivity (Wildman–Crippen MR) is 95.5 cm³/mol. The molecule has 3 aromatic rings. The number of piperidine rings is 1. The van der Waals surface area contributed by atoms with Crippen molar-refractivity contribution in [2.45, 2.75) is 23.8 Å². The van der Waals surface area contributed by atoms with Gasteiger partial charge in [-0.25, -0.2) is 13.4 Å². The van der Waals surface area contributed by atoms with Crippen molar-refractivity contribution in [3.8, 4) is 11.4 Å². The molecule has 0 amide bonds. The zero-order chi connectivity index (χ0) is 17.4. The Labute approximate surface area is 146 Å². The topological polar surface area (TPSA) is 86.3 Å². The molecule has 0 radical (unpaired) electrons. The summed E-state index contributed by atoms with van der Waals surface area (Å²) in [6, 6.07) is 14.7. The zero-order valence-corrected chi connectivity index (χ0v) is 14.4. The summed E-state index contributed by atoms with van der Waals surface area (Å²) in [6.45, 7) is 0.689. The Morgan fingerprint density at radius 2 is 1.80 bits per heavy atom. The van der Waals surface area contributed by atoms with Gasteiger partial charge in [-0.3, -0.25) is 0 Å². The fourth-order valence-corrected chi connectivity index (χ4v) is 4.60. The summed E-state index contributed by atoms with van der Waals surface area (Å²) < 4.78 is 27.1. The second kappa shape index (κ2) is 6.25. The monoisotopic (exact) mass is 357 g/mol. The van der Waals surface area contributed by atoms with Crippen molar-refractivity contribution in [3.05, 3.63) is 48.5 Å². The molecule has 1 saturated heterocycles. The maximum Gasteiger partial charge on any atom is 0.243 e. The van der Waals surface area contributed by atoms with Crippen molar-refractivity contribution in [2.75, 3.05) is 13.1 Å². The van der Waals surface area contributed by atoms with Gasteiger partial charge in [0.25, 0.3) is 0 Å². The lowest BCUT2D eigenvalue weighted by Crippen LogP contribution is -2.39. The van der Waals surface area contributed by atoms with Crippen LogP contribution in [-0.2, 0) is 10.0 Å². The number of rotatable bonds is 3. The van der Waals surface area contributed by atoms with Crippen LogP contribution in [0.2, 0.25) is 0 Å². The van der Waals surface area contributed by atoms with Gasteiger partial charge in [0.2, 0.25) is 10.0 Å². The molecule has 2 aromatic carbocycles. The summed E-state index contributed by atoms with van der Waals surface area (Å²) in [4.78, 5) is 8.00. The van der Waals surface area contributed by atoms with E-state index in [4.69, 9.17) is 0 Å². The highest BCUT2D eigenvalue weighted by atomic mass is 32.2. The van der Waals surface area contributed by atoms with Crippen LogP contribution in [0.15, 0.2) is 53.4 Å². The Balaban J connectivity index is 1.69. The number of benzene rings is 2. The molecule has 1 aromatic heterocycles. The number of hydrogen-bond acceptors (Lipinski definition) is 4. The van der Waals surface area contributed by atoms with Crippen LogP contribution >= 0.6 is 0 Å². The van der Waals surface area contributed by atoms with Gasteiger partial charge in [-0.15, -0.1) is 0 Å². The molecule has 130 valence electrons. The molecule has 0 aliphatic carbocycles. The van der Waals surface area contributed by atoms with Crippen LogP contribution in [0.5, 0.6) is 0 Å². The minimum Gasteiger partial charge on any atom is -0.393 e. The number of fused-ring (bicyclic) bond motifs is 1. The summed E-state index contributed by atoms with van der Waals surface area (Å²) in [5.41, 5.74) is 2.37. The molecule has 4 rings (SSSR count). The number of aliphatic hydroxyl groups excluding tert-OH is 1. The average molecular weight is 357 g/mol. The summed E-state index contributed by atoms with van der Waals surface area (Å²) in [6.07, 6.45) is 0.540. The van der Waals surface area contributed by atoms with E-state index in [1.807, 2.05) is 30.3 Å². The molecule has 2 N–H and O–H groups in total. The first-order chi connectivity index (χ1) is 12.0. The Hall–Kier alpha value is -2.22. The standard InChI is InChI=1S/C18H19N3O3S/c22-14-8-10-21(11-9-14)25(23,24)15-6-7-16-17(12-15)20-18(19-16)13-4-2-1-3-5-13/h1-7,12,14,22H,8-11H2,(H,19,20). The number of sulfonamides is 1. The van der Waals surface area contributed by atoms with Gasteiger partial charge >= 0.3 is 0 Å². The van der Waals surface area contributed by atoms with Crippen LogP contribution in [0.3, 0.4) is 0 Å². The number of aromatic amines is 1. The molecule has 7 heteroatoms. The molecular weight excluding hydrogens is 338 g/mol. The zero-order valence-electron chi connectivity index (χ0n) is 13.6. The number of nitrogens with one attached hydrogen (secondary N) is 1. The molecule has 0 saturated carbocycles. The number of nitrogens with zero attached hydrogens (tertiary/aromatic N) is 2. The van der Waals surface area contributed by atoms with Crippen LogP contribution < -0.4 is 0 Å². The van der Waals surface area contributed by atoms with E-state index >= 15 is 0 Å². The highest BCUT2D eigenvalue weighted by Gasteiger charge is 2.29. The first-order valence-electron chi connectivity index (χ1n) is 8.27. The Morgan fingerprint density at radius 1 is 1.08 bits per heavy atom. The third-order valence-electron chi connectivity index (χ3n) is 4.56. The molecular formula is C18H19N3O3S. The first kappa shape index (κ1) is 16.3. The quantitative estimate of drug-likeness (QED) is 0.753. The second-order valence-corrected chi connectivity index (χ2v) is 8.20. The van der Waals surface area contributed by atoms with Gasteiger partial charge in [0, 0.05) is 18.7 Å². The second-order valence-electron chi connectivity index (χ2n) is 6.27. The summed E-state index contributed by atoms with van der Waals surface area (Å²) in [5, 5.41) is 9.58. The molecule has 25 heavy (non-hydrogen) atoms. The van der Waals surface area contributed by atoms with Gasteiger partial charge in [-0.2, -0.15) is 4.31 Å². The van der Waals surface area contributed by atoms with E-state index in [9.17, 15) is 13.5 Å². The fourth-order valence-electron chi connectivity index (χ4n) is 3.11. The van der Waals surface area contributed by atoms with E-state index in [0.717, 1.165) is 11.1 Å². The van der Waals surface area contributed by atoms with Gasteiger partial charge in [-0.05, 0) is 31.0 Å². The van der Waals surface area contributed by atoms with Gasteiger partial charge in [0.15, 0.2) is 0 Å². The van der Waals surface area contributed by atoms with Gasteiger partial charge < -0.3 is 10.1 Å². The van der Waals surface area contributed by atoms with E-state index in [0.29, 0.717) is 37.3 Å². The Kier molecular flexibility index (Phi) is 4.07. The van der Waals surface area contributed by atoms with Crippen LogP contribution in [0.1, 0.15) is 12.8 Å². The number of aromatic nitrogens is 2. The van der Waals surface area contributed by atoms with Crippen molar-refractivity contribution in [1.29, 1.82) is 0 Å². The van der Waals surface area contributed by atoms with E-state index in [-0.39, 0.29) is 4.90 Å². The third-order valence-corrected chi connectivity index (χ3v) is 6.46. The van der Waals surface area contributed by atoms with Gasteiger partial charge in [-0.1, -0.05) is 30.3 Å². The molecule has 0 atom stereocenters. The summed E-state index contributed by atoms with van der Waals surface area (Å²) in [5.74, 6) is 0.714. The molecule has 0 bridgehead atoms. The number of H-pyrrole nitrogens is 1. The lowest BCUT2D eigenvalue weighted by Gasteiger charge is -2.28. The van der Waals surface area contributed by atoms with Gasteiger partial charge in [0.1, 0.15) is 5.82 Å². The molecule has 1 aliphatic rings. The molecule has 1 aliphatic heterocycles. The minimum atomic E-state index is -3.56. The SMILES string of the molecule is O=S(=O)(c1ccc2[nH]c(-c3ccccc3)nc2c1)N1CCC(O)CC1. The largest absolute Gasteiger partial charge is 0.393 e. The highest BCUT2D eigenvalue weighted by Crippen LogP contribution is 2.25. The maximum atomic E-state index is 12.8. The van der Waals surface area contributed by atoms with Crippen LogP contribution in [0.25, 0.3) is 22.4 Å². The molecule has 6 nitrogen and oxygen atoms in total. The average Bonchev–Trinajstić information content (AvgIpc) is 3.06. The lowest BCUT2D eigenvalue weighted by atomic mass is 10.1. The Morgan fingerprint density at radius 3 is 2.52 bits per heavy atom. The van der Waals surface area contributed by atoms with Crippen molar-refractivity contribution < 1.29 is 13.5 Å². The molecule has 1 fully saturated rings.